The lowest BCUT2D eigenvalue weighted by Gasteiger charge is -2.36. The van der Waals surface area contributed by atoms with E-state index in [0.29, 0.717) is 51.6 Å². The molecule has 2 aromatic rings. The zero-order valence-electron chi connectivity index (χ0n) is 22.9. The fraction of sp³-hybridized carbons (Fsp3) is 0.581. The molecule has 0 saturated carbocycles. The molecule has 210 valence electrons. The third-order valence-corrected chi connectivity index (χ3v) is 7.55. The molecular formula is C31H46N2O5. The number of aliphatic hydroxyl groups is 4. The third-order valence-electron chi connectivity index (χ3n) is 7.55. The van der Waals surface area contributed by atoms with Crippen LogP contribution in [0.25, 0.3) is 0 Å². The van der Waals surface area contributed by atoms with Crippen molar-refractivity contribution in [2.24, 2.45) is 0 Å². The van der Waals surface area contributed by atoms with Crippen LogP contribution in [0.4, 0.5) is 4.79 Å². The van der Waals surface area contributed by atoms with Crippen LogP contribution in [0.3, 0.4) is 0 Å². The highest BCUT2D eigenvalue weighted by atomic mass is 16.3. The van der Waals surface area contributed by atoms with Gasteiger partial charge in [-0.1, -0.05) is 60.7 Å². The minimum absolute atomic E-state index is 0.170. The Kier molecular flexibility index (Phi) is 12.1. The third kappa shape index (κ3) is 8.80. The molecule has 6 atom stereocenters. The molecule has 2 unspecified atom stereocenters. The summed E-state index contributed by atoms with van der Waals surface area (Å²) >= 11 is 0. The molecule has 1 heterocycles. The molecule has 0 bridgehead atoms. The van der Waals surface area contributed by atoms with Gasteiger partial charge in [0.15, 0.2) is 0 Å². The Hall–Kier alpha value is -2.45. The van der Waals surface area contributed by atoms with Crippen LogP contribution in [0.2, 0.25) is 0 Å². The number of benzene rings is 2. The lowest BCUT2D eigenvalue weighted by molar-refractivity contribution is -0.0397. The standard InChI is InChI=1S/C31H46N2O5/c1-23(34)13-9-11-19-32-27(21-25-15-5-3-6-16-25)29(36)30(37)28(22-26-17-7-4-8-18-26)33(31(32)38)20-12-10-14-24(2)35/h3-8,15-18,23-24,27-30,34-37H,9-14,19-22H2,1-2H3/t23?,24?,27-,28-,29+,30+/m1/s1. The van der Waals surface area contributed by atoms with Gasteiger partial charge >= 0.3 is 6.03 Å². The summed E-state index contributed by atoms with van der Waals surface area (Å²) in [4.78, 5) is 17.7. The maximum absolute atomic E-state index is 14.2. The lowest BCUT2D eigenvalue weighted by Crippen LogP contribution is -2.51. The van der Waals surface area contributed by atoms with Crippen molar-refractivity contribution >= 4 is 6.03 Å². The van der Waals surface area contributed by atoms with Gasteiger partial charge in [-0.25, -0.2) is 4.79 Å². The number of hydrogen-bond donors (Lipinski definition) is 4. The van der Waals surface area contributed by atoms with Crippen molar-refractivity contribution in [2.75, 3.05) is 13.1 Å². The highest BCUT2D eigenvalue weighted by Crippen LogP contribution is 2.28. The molecule has 7 heteroatoms. The van der Waals surface area contributed by atoms with Gasteiger partial charge in [0.05, 0.1) is 24.3 Å². The van der Waals surface area contributed by atoms with Crippen molar-refractivity contribution < 1.29 is 25.2 Å². The van der Waals surface area contributed by atoms with Crippen molar-refractivity contribution in [3.63, 3.8) is 0 Å². The lowest BCUT2D eigenvalue weighted by atomic mass is 9.91. The van der Waals surface area contributed by atoms with Crippen LogP contribution in [-0.4, -0.2) is 85.8 Å². The zero-order valence-corrected chi connectivity index (χ0v) is 22.9. The van der Waals surface area contributed by atoms with Crippen LogP contribution in [-0.2, 0) is 12.8 Å². The van der Waals surface area contributed by atoms with Crippen LogP contribution < -0.4 is 0 Å². The molecule has 0 aliphatic carbocycles. The number of carbonyl (C=O) groups is 1. The minimum Gasteiger partial charge on any atom is -0.393 e. The van der Waals surface area contributed by atoms with Gasteiger partial charge in [0.25, 0.3) is 0 Å². The second kappa shape index (κ2) is 15.2. The molecule has 1 saturated heterocycles. The van der Waals surface area contributed by atoms with E-state index in [1.54, 1.807) is 23.6 Å². The van der Waals surface area contributed by atoms with Crippen molar-refractivity contribution in [1.82, 2.24) is 9.80 Å². The van der Waals surface area contributed by atoms with Gasteiger partial charge in [-0.05, 0) is 76.3 Å². The molecule has 0 aromatic heterocycles. The van der Waals surface area contributed by atoms with E-state index in [1.807, 2.05) is 60.7 Å². The summed E-state index contributed by atoms with van der Waals surface area (Å²) in [5.74, 6) is 0. The Morgan fingerprint density at radius 3 is 1.37 bits per heavy atom. The summed E-state index contributed by atoms with van der Waals surface area (Å²) in [6.45, 7) is 4.40. The Labute approximate surface area is 227 Å². The molecule has 7 nitrogen and oxygen atoms in total. The largest absolute Gasteiger partial charge is 0.393 e. The fourth-order valence-electron chi connectivity index (χ4n) is 5.41. The quantitative estimate of drug-likeness (QED) is 0.281. The van der Waals surface area contributed by atoms with E-state index in [2.05, 4.69) is 0 Å². The second-order valence-corrected chi connectivity index (χ2v) is 10.9. The number of hydrogen-bond acceptors (Lipinski definition) is 5. The Bertz CT molecular complexity index is 864. The molecular weight excluding hydrogens is 480 g/mol. The molecule has 1 aliphatic rings. The Morgan fingerprint density at radius 2 is 1.03 bits per heavy atom. The number of nitrogens with zero attached hydrogens (tertiary/aromatic N) is 2. The first kappa shape index (κ1) is 30.1. The maximum Gasteiger partial charge on any atom is 0.320 e. The molecule has 3 rings (SSSR count). The van der Waals surface area contributed by atoms with Gasteiger partial charge in [0, 0.05) is 13.1 Å². The molecule has 38 heavy (non-hydrogen) atoms. The van der Waals surface area contributed by atoms with Gasteiger partial charge in [-0.3, -0.25) is 0 Å². The Morgan fingerprint density at radius 1 is 0.658 bits per heavy atom. The second-order valence-electron chi connectivity index (χ2n) is 10.9. The predicted octanol–water partition coefficient (Wildman–Crippen LogP) is 3.77. The summed E-state index contributed by atoms with van der Waals surface area (Å²) in [6.07, 6.45) is 2.07. The van der Waals surface area contributed by atoms with Gasteiger partial charge in [-0.15, -0.1) is 0 Å². The van der Waals surface area contributed by atoms with E-state index in [-0.39, 0.29) is 6.03 Å². The SMILES string of the molecule is CC(O)CCCCN1C(=O)N(CCCCC(C)O)[C@H](Cc2ccccc2)[C@H](O)[C@@H](O)[C@H]1Cc1ccccc1. The molecule has 0 radical (unpaired) electrons. The highest BCUT2D eigenvalue weighted by Gasteiger charge is 2.45. The summed E-state index contributed by atoms with van der Waals surface area (Å²) in [7, 11) is 0. The molecule has 0 spiro atoms. The maximum atomic E-state index is 14.2. The number of amides is 2. The van der Waals surface area contributed by atoms with E-state index in [1.165, 1.54) is 0 Å². The average molecular weight is 527 g/mol. The van der Waals surface area contributed by atoms with Crippen LogP contribution in [0, 0.1) is 0 Å². The van der Waals surface area contributed by atoms with Crippen molar-refractivity contribution in [3.8, 4) is 0 Å². The smallest absolute Gasteiger partial charge is 0.320 e. The first-order valence-corrected chi connectivity index (χ1v) is 14.1. The van der Waals surface area contributed by atoms with E-state index >= 15 is 0 Å². The van der Waals surface area contributed by atoms with Gasteiger partial charge < -0.3 is 30.2 Å². The van der Waals surface area contributed by atoms with Crippen LogP contribution in [0.15, 0.2) is 60.7 Å². The molecule has 2 aromatic carbocycles. The molecule has 2 amide bonds. The van der Waals surface area contributed by atoms with Crippen molar-refractivity contribution in [3.05, 3.63) is 71.8 Å². The predicted molar refractivity (Wildman–Crippen MR) is 150 cm³/mol. The number of carbonyl (C=O) groups excluding carboxylic acids is 1. The average Bonchev–Trinajstić information content (AvgIpc) is 2.96. The monoisotopic (exact) mass is 526 g/mol. The molecule has 1 fully saturated rings. The van der Waals surface area contributed by atoms with E-state index in [4.69, 9.17) is 0 Å². The number of aliphatic hydroxyl groups excluding tert-OH is 4. The normalized spacial score (nSPS) is 23.8. The van der Waals surface area contributed by atoms with E-state index in [0.717, 1.165) is 24.0 Å². The van der Waals surface area contributed by atoms with Gasteiger partial charge in [0.1, 0.15) is 12.2 Å². The van der Waals surface area contributed by atoms with E-state index < -0.39 is 36.5 Å². The summed E-state index contributed by atoms with van der Waals surface area (Å²) in [5.41, 5.74) is 1.99. The highest BCUT2D eigenvalue weighted by molar-refractivity contribution is 5.76. The Balaban J connectivity index is 1.92. The van der Waals surface area contributed by atoms with Crippen LogP contribution >= 0.6 is 0 Å². The summed E-state index contributed by atoms with van der Waals surface area (Å²) in [6, 6.07) is 18.2. The fourth-order valence-corrected chi connectivity index (χ4v) is 5.41. The van der Waals surface area contributed by atoms with Gasteiger partial charge in [0.2, 0.25) is 0 Å². The number of rotatable bonds is 14. The molecule has 4 N–H and O–H groups in total. The first-order valence-electron chi connectivity index (χ1n) is 14.1. The summed E-state index contributed by atoms with van der Waals surface area (Å²) in [5, 5.41) is 42.6. The topological polar surface area (TPSA) is 104 Å². The van der Waals surface area contributed by atoms with Crippen molar-refractivity contribution in [1.29, 1.82) is 0 Å². The minimum atomic E-state index is -1.12. The van der Waals surface area contributed by atoms with Gasteiger partial charge in [-0.2, -0.15) is 0 Å². The molecule has 1 aliphatic heterocycles. The van der Waals surface area contributed by atoms with E-state index in [9.17, 15) is 25.2 Å². The first-order chi connectivity index (χ1) is 18.3. The number of unbranched alkanes of at least 4 members (excludes halogenated alkanes) is 2. The zero-order chi connectivity index (χ0) is 27.5. The van der Waals surface area contributed by atoms with Crippen LogP contribution in [0.5, 0.6) is 0 Å². The van der Waals surface area contributed by atoms with Crippen molar-refractivity contribution in [2.45, 2.75) is 102 Å². The number of urea groups is 1. The summed E-state index contributed by atoms with van der Waals surface area (Å²) < 4.78 is 0. The van der Waals surface area contributed by atoms with Crippen LogP contribution in [0.1, 0.15) is 63.5 Å².